The SMILES string of the molecule is O=C(Nc1ccccc1C(=O)NCCCOCc1ccco1)c1ccc([N+](=O)[O-])cc1Cl. The number of nitro groups is 1. The number of halogens is 1. The molecule has 1 aromatic heterocycles. The van der Waals surface area contributed by atoms with Gasteiger partial charge in [-0.25, -0.2) is 0 Å². The zero-order valence-corrected chi connectivity index (χ0v) is 17.6. The fourth-order valence-corrected chi connectivity index (χ4v) is 3.08. The molecule has 0 saturated heterocycles. The van der Waals surface area contributed by atoms with E-state index >= 15 is 0 Å². The number of carbonyl (C=O) groups is 2. The molecule has 0 fully saturated rings. The van der Waals surface area contributed by atoms with E-state index in [1.54, 1.807) is 36.6 Å². The van der Waals surface area contributed by atoms with Crippen molar-refractivity contribution in [2.45, 2.75) is 13.0 Å². The number of anilines is 1. The minimum absolute atomic E-state index is 0.0567. The van der Waals surface area contributed by atoms with Crippen molar-refractivity contribution in [2.24, 2.45) is 0 Å². The van der Waals surface area contributed by atoms with Gasteiger partial charge in [0.25, 0.3) is 17.5 Å². The summed E-state index contributed by atoms with van der Waals surface area (Å²) in [6.45, 7) is 1.19. The highest BCUT2D eigenvalue weighted by molar-refractivity contribution is 6.34. The maximum Gasteiger partial charge on any atom is 0.270 e. The highest BCUT2D eigenvalue weighted by Gasteiger charge is 2.18. The minimum Gasteiger partial charge on any atom is -0.467 e. The summed E-state index contributed by atoms with van der Waals surface area (Å²) in [6, 6.07) is 13.7. The Morgan fingerprint density at radius 2 is 1.88 bits per heavy atom. The lowest BCUT2D eigenvalue weighted by Crippen LogP contribution is -2.27. The number of nitrogens with zero attached hydrogens (tertiary/aromatic N) is 1. The second kappa shape index (κ2) is 11.1. The summed E-state index contributed by atoms with van der Waals surface area (Å²) < 4.78 is 10.6. The Kier molecular flexibility index (Phi) is 7.96. The minimum atomic E-state index is -0.602. The van der Waals surface area contributed by atoms with E-state index in [0.29, 0.717) is 31.9 Å². The molecule has 3 rings (SSSR count). The van der Waals surface area contributed by atoms with Crippen LogP contribution in [-0.2, 0) is 11.3 Å². The number of nitro benzene ring substituents is 1. The van der Waals surface area contributed by atoms with Gasteiger partial charge in [0.2, 0.25) is 0 Å². The second-order valence-corrected chi connectivity index (χ2v) is 7.07. The number of furan rings is 1. The number of amides is 2. The van der Waals surface area contributed by atoms with Crippen LogP contribution in [0.15, 0.2) is 65.3 Å². The summed E-state index contributed by atoms with van der Waals surface area (Å²) in [4.78, 5) is 35.4. The van der Waals surface area contributed by atoms with E-state index in [2.05, 4.69) is 10.6 Å². The molecule has 1 heterocycles. The van der Waals surface area contributed by atoms with E-state index in [4.69, 9.17) is 20.8 Å². The van der Waals surface area contributed by atoms with Gasteiger partial charge in [-0.2, -0.15) is 0 Å². The molecule has 2 aromatic carbocycles. The maximum absolute atomic E-state index is 12.6. The summed E-state index contributed by atoms with van der Waals surface area (Å²) in [7, 11) is 0. The van der Waals surface area contributed by atoms with Crippen molar-refractivity contribution in [2.75, 3.05) is 18.5 Å². The Labute approximate surface area is 188 Å². The quantitative estimate of drug-likeness (QED) is 0.263. The van der Waals surface area contributed by atoms with Crippen LogP contribution in [0.5, 0.6) is 0 Å². The van der Waals surface area contributed by atoms with Gasteiger partial charge in [-0.15, -0.1) is 0 Å². The van der Waals surface area contributed by atoms with Crippen LogP contribution in [0.25, 0.3) is 0 Å². The van der Waals surface area contributed by atoms with Crippen LogP contribution in [-0.4, -0.2) is 29.9 Å². The third-order valence-corrected chi connectivity index (χ3v) is 4.72. The molecule has 0 atom stereocenters. The number of benzene rings is 2. The van der Waals surface area contributed by atoms with Crippen molar-refractivity contribution in [1.82, 2.24) is 5.32 Å². The highest BCUT2D eigenvalue weighted by Crippen LogP contribution is 2.24. The number of hydrogen-bond donors (Lipinski definition) is 2. The Hall–Kier alpha value is -3.69. The first-order valence-electron chi connectivity index (χ1n) is 9.68. The molecule has 0 unspecified atom stereocenters. The summed E-state index contributed by atoms with van der Waals surface area (Å²) >= 11 is 6.02. The standard InChI is InChI=1S/C22H20ClN3O6/c23-19-13-15(26(29)30)8-9-17(19)22(28)25-20-7-2-1-6-18(20)21(27)24-10-4-11-31-14-16-5-3-12-32-16/h1-3,5-9,12-13H,4,10-11,14H2,(H,24,27)(H,25,28). The van der Waals surface area contributed by atoms with E-state index in [1.165, 1.54) is 12.1 Å². The van der Waals surface area contributed by atoms with Gasteiger partial charge < -0.3 is 19.8 Å². The monoisotopic (exact) mass is 457 g/mol. The normalized spacial score (nSPS) is 10.5. The predicted octanol–water partition coefficient (Wildman–Crippen LogP) is 4.43. The van der Waals surface area contributed by atoms with E-state index in [0.717, 1.165) is 11.8 Å². The Balaban J connectivity index is 1.55. The van der Waals surface area contributed by atoms with Gasteiger partial charge in [-0.1, -0.05) is 23.7 Å². The van der Waals surface area contributed by atoms with Crippen molar-refractivity contribution >= 4 is 34.8 Å². The molecule has 9 nitrogen and oxygen atoms in total. The van der Waals surface area contributed by atoms with Crippen LogP contribution >= 0.6 is 11.6 Å². The molecule has 0 spiro atoms. The van der Waals surface area contributed by atoms with E-state index in [-0.39, 0.29) is 27.7 Å². The number of ether oxygens (including phenoxy) is 1. The first kappa shape index (κ1) is 23.0. The molecular formula is C22H20ClN3O6. The Morgan fingerprint density at radius 3 is 2.59 bits per heavy atom. The fraction of sp³-hybridized carbons (Fsp3) is 0.182. The first-order valence-corrected chi connectivity index (χ1v) is 10.1. The van der Waals surface area contributed by atoms with E-state index in [9.17, 15) is 19.7 Å². The lowest BCUT2D eigenvalue weighted by Gasteiger charge is -2.12. The van der Waals surface area contributed by atoms with Crippen molar-refractivity contribution in [3.63, 3.8) is 0 Å². The molecule has 166 valence electrons. The molecule has 0 aliphatic carbocycles. The molecule has 0 aliphatic heterocycles. The molecule has 2 N–H and O–H groups in total. The van der Waals surface area contributed by atoms with Crippen LogP contribution in [0.3, 0.4) is 0 Å². The van der Waals surface area contributed by atoms with Crippen LogP contribution in [0.4, 0.5) is 11.4 Å². The van der Waals surface area contributed by atoms with Gasteiger partial charge in [-0.3, -0.25) is 19.7 Å². The van der Waals surface area contributed by atoms with Gasteiger partial charge in [-0.05, 0) is 36.8 Å². The van der Waals surface area contributed by atoms with Gasteiger partial charge >= 0.3 is 0 Å². The van der Waals surface area contributed by atoms with Crippen molar-refractivity contribution < 1.29 is 23.7 Å². The molecule has 0 bridgehead atoms. The van der Waals surface area contributed by atoms with Crippen LogP contribution < -0.4 is 10.6 Å². The number of nitrogens with one attached hydrogen (secondary N) is 2. The third-order valence-electron chi connectivity index (χ3n) is 4.40. The molecule has 0 aliphatic rings. The van der Waals surface area contributed by atoms with Crippen LogP contribution in [0.2, 0.25) is 5.02 Å². The summed E-state index contributed by atoms with van der Waals surface area (Å²) in [5.74, 6) is -0.218. The highest BCUT2D eigenvalue weighted by atomic mass is 35.5. The Bertz CT molecular complexity index is 1100. The number of non-ortho nitro benzene ring substituents is 1. The third kappa shape index (κ3) is 6.16. The zero-order valence-electron chi connectivity index (χ0n) is 16.9. The average Bonchev–Trinajstić information content (AvgIpc) is 3.29. The number of para-hydroxylation sites is 1. The molecule has 0 radical (unpaired) electrons. The predicted molar refractivity (Wildman–Crippen MR) is 118 cm³/mol. The molecule has 2 amide bonds. The number of carbonyl (C=O) groups excluding carboxylic acids is 2. The van der Waals surface area contributed by atoms with Gasteiger partial charge in [0.05, 0.1) is 33.0 Å². The van der Waals surface area contributed by atoms with Crippen LogP contribution in [0.1, 0.15) is 32.9 Å². The summed E-state index contributed by atoms with van der Waals surface area (Å²) in [6.07, 6.45) is 2.17. The van der Waals surface area contributed by atoms with Crippen molar-refractivity contribution in [1.29, 1.82) is 0 Å². The molecule has 32 heavy (non-hydrogen) atoms. The van der Waals surface area contributed by atoms with E-state index in [1.807, 2.05) is 6.07 Å². The number of rotatable bonds is 10. The molecule has 3 aromatic rings. The summed E-state index contributed by atoms with van der Waals surface area (Å²) in [5, 5.41) is 16.2. The van der Waals surface area contributed by atoms with Crippen LogP contribution in [0, 0.1) is 10.1 Å². The first-order chi connectivity index (χ1) is 15.5. The van der Waals surface area contributed by atoms with Gasteiger partial charge in [0.1, 0.15) is 12.4 Å². The smallest absolute Gasteiger partial charge is 0.270 e. The molecular weight excluding hydrogens is 438 g/mol. The molecule has 10 heteroatoms. The average molecular weight is 458 g/mol. The topological polar surface area (TPSA) is 124 Å². The Morgan fingerprint density at radius 1 is 1.06 bits per heavy atom. The van der Waals surface area contributed by atoms with Gasteiger partial charge in [0.15, 0.2) is 0 Å². The summed E-state index contributed by atoms with van der Waals surface area (Å²) in [5.41, 5.74) is 0.398. The fourth-order valence-electron chi connectivity index (χ4n) is 2.82. The number of hydrogen-bond acceptors (Lipinski definition) is 6. The molecule has 0 saturated carbocycles. The largest absolute Gasteiger partial charge is 0.467 e. The van der Waals surface area contributed by atoms with Gasteiger partial charge in [0, 0.05) is 25.3 Å². The maximum atomic E-state index is 12.6. The van der Waals surface area contributed by atoms with Crippen molar-refractivity contribution in [3.8, 4) is 0 Å². The van der Waals surface area contributed by atoms with E-state index < -0.39 is 10.8 Å². The lowest BCUT2D eigenvalue weighted by atomic mass is 10.1. The zero-order chi connectivity index (χ0) is 22.9. The lowest BCUT2D eigenvalue weighted by molar-refractivity contribution is -0.384. The second-order valence-electron chi connectivity index (χ2n) is 6.66. The van der Waals surface area contributed by atoms with Crippen molar-refractivity contribution in [3.05, 3.63) is 92.9 Å².